The molecule has 1 atom stereocenters. The molecule has 0 aliphatic heterocycles. The van der Waals surface area contributed by atoms with E-state index in [1.807, 2.05) is 6.92 Å². The zero-order valence-electron chi connectivity index (χ0n) is 10.0. The molecule has 3 nitrogen and oxygen atoms in total. The van der Waals surface area contributed by atoms with Gasteiger partial charge in [0.05, 0.1) is 12.8 Å². The molecular weight excluding hydrogens is 233 g/mol. The van der Waals surface area contributed by atoms with Crippen LogP contribution < -0.4 is 4.74 Å². The standard InChI is InChI=1S/C14H14FNO2/c1-2-18-13-5-3-10(4-6-13)14(17)11-7-12(15)9-16-8-11/h3-9,14,17H,2H2,1H3. The Morgan fingerprint density at radius 3 is 2.56 bits per heavy atom. The van der Waals surface area contributed by atoms with Crippen molar-refractivity contribution < 1.29 is 14.2 Å². The van der Waals surface area contributed by atoms with Crippen LogP contribution in [0.15, 0.2) is 42.7 Å². The van der Waals surface area contributed by atoms with E-state index in [0.717, 1.165) is 11.9 Å². The van der Waals surface area contributed by atoms with E-state index in [1.54, 1.807) is 24.3 Å². The molecule has 1 N–H and O–H groups in total. The zero-order valence-corrected chi connectivity index (χ0v) is 10.0. The number of pyridine rings is 1. The third kappa shape index (κ3) is 2.84. The number of aliphatic hydroxyl groups excluding tert-OH is 1. The fourth-order valence-corrected chi connectivity index (χ4v) is 1.68. The minimum atomic E-state index is -0.885. The van der Waals surface area contributed by atoms with E-state index in [4.69, 9.17) is 4.74 Å². The van der Waals surface area contributed by atoms with Crippen molar-refractivity contribution in [1.82, 2.24) is 4.98 Å². The average molecular weight is 247 g/mol. The highest BCUT2D eigenvalue weighted by Crippen LogP contribution is 2.23. The van der Waals surface area contributed by atoms with Crippen LogP contribution in [-0.2, 0) is 0 Å². The number of aromatic nitrogens is 1. The molecule has 94 valence electrons. The molecule has 0 saturated carbocycles. The van der Waals surface area contributed by atoms with Gasteiger partial charge >= 0.3 is 0 Å². The van der Waals surface area contributed by atoms with Gasteiger partial charge in [-0.25, -0.2) is 4.39 Å². The molecule has 0 aliphatic carbocycles. The first-order chi connectivity index (χ1) is 8.70. The van der Waals surface area contributed by atoms with Crippen LogP contribution in [0, 0.1) is 5.82 Å². The minimum absolute atomic E-state index is 0.430. The van der Waals surface area contributed by atoms with Gasteiger partial charge in [-0.2, -0.15) is 0 Å². The van der Waals surface area contributed by atoms with E-state index >= 15 is 0 Å². The Bertz CT molecular complexity index is 513. The van der Waals surface area contributed by atoms with Crippen LogP contribution in [0.1, 0.15) is 24.2 Å². The Hall–Kier alpha value is -1.94. The first kappa shape index (κ1) is 12.5. The van der Waals surface area contributed by atoms with Crippen molar-refractivity contribution in [2.45, 2.75) is 13.0 Å². The van der Waals surface area contributed by atoms with E-state index in [9.17, 15) is 9.50 Å². The molecule has 1 heterocycles. The number of halogens is 1. The molecule has 0 fully saturated rings. The second-order valence-electron chi connectivity index (χ2n) is 3.84. The predicted octanol–water partition coefficient (Wildman–Crippen LogP) is 2.70. The summed E-state index contributed by atoms with van der Waals surface area (Å²) in [6.45, 7) is 2.50. The lowest BCUT2D eigenvalue weighted by molar-refractivity contribution is 0.219. The number of ether oxygens (including phenoxy) is 1. The summed E-state index contributed by atoms with van der Waals surface area (Å²) in [6, 6.07) is 8.32. The van der Waals surface area contributed by atoms with Crippen molar-refractivity contribution >= 4 is 0 Å². The molecule has 0 amide bonds. The highest BCUT2D eigenvalue weighted by atomic mass is 19.1. The van der Waals surface area contributed by atoms with E-state index in [2.05, 4.69) is 4.98 Å². The molecule has 1 aromatic heterocycles. The van der Waals surface area contributed by atoms with Gasteiger partial charge < -0.3 is 9.84 Å². The molecular formula is C14H14FNO2. The highest BCUT2D eigenvalue weighted by Gasteiger charge is 2.11. The monoisotopic (exact) mass is 247 g/mol. The van der Waals surface area contributed by atoms with Crippen LogP contribution in [0.5, 0.6) is 5.75 Å². The van der Waals surface area contributed by atoms with Gasteiger partial charge in [-0.3, -0.25) is 4.98 Å². The maximum atomic E-state index is 13.0. The number of hydrogen-bond donors (Lipinski definition) is 1. The molecule has 2 aromatic rings. The highest BCUT2D eigenvalue weighted by molar-refractivity contribution is 5.33. The topological polar surface area (TPSA) is 42.4 Å². The van der Waals surface area contributed by atoms with E-state index in [0.29, 0.717) is 17.7 Å². The second-order valence-corrected chi connectivity index (χ2v) is 3.84. The van der Waals surface area contributed by atoms with E-state index in [-0.39, 0.29) is 0 Å². The SMILES string of the molecule is CCOc1ccc(C(O)c2cncc(F)c2)cc1. The van der Waals surface area contributed by atoms with Crippen LogP contribution in [0.25, 0.3) is 0 Å². The Morgan fingerprint density at radius 1 is 1.22 bits per heavy atom. The normalized spacial score (nSPS) is 12.2. The van der Waals surface area contributed by atoms with Gasteiger partial charge in [-0.1, -0.05) is 12.1 Å². The van der Waals surface area contributed by atoms with Crippen molar-refractivity contribution in [3.63, 3.8) is 0 Å². The van der Waals surface area contributed by atoms with Crippen molar-refractivity contribution in [3.05, 3.63) is 59.7 Å². The molecule has 1 unspecified atom stereocenters. The summed E-state index contributed by atoms with van der Waals surface area (Å²) in [4.78, 5) is 3.72. The van der Waals surface area contributed by atoms with Crippen LogP contribution >= 0.6 is 0 Å². The summed E-state index contributed by atoms with van der Waals surface area (Å²) in [5.41, 5.74) is 1.10. The fourth-order valence-electron chi connectivity index (χ4n) is 1.68. The van der Waals surface area contributed by atoms with Gasteiger partial charge in [0.25, 0.3) is 0 Å². The molecule has 0 aliphatic rings. The minimum Gasteiger partial charge on any atom is -0.494 e. The van der Waals surface area contributed by atoms with E-state index < -0.39 is 11.9 Å². The third-order valence-electron chi connectivity index (χ3n) is 2.55. The molecule has 2 rings (SSSR count). The predicted molar refractivity (Wildman–Crippen MR) is 65.9 cm³/mol. The maximum Gasteiger partial charge on any atom is 0.141 e. The van der Waals surface area contributed by atoms with E-state index in [1.165, 1.54) is 12.3 Å². The van der Waals surface area contributed by atoms with Crippen molar-refractivity contribution in [2.24, 2.45) is 0 Å². The first-order valence-corrected chi connectivity index (χ1v) is 5.72. The zero-order chi connectivity index (χ0) is 13.0. The van der Waals surface area contributed by atoms with Crippen LogP contribution in [0.3, 0.4) is 0 Å². The number of hydrogen-bond acceptors (Lipinski definition) is 3. The first-order valence-electron chi connectivity index (χ1n) is 5.72. The van der Waals surface area contributed by atoms with Gasteiger partial charge in [-0.15, -0.1) is 0 Å². The Balaban J connectivity index is 2.20. The average Bonchev–Trinajstić information content (AvgIpc) is 2.39. The molecule has 0 spiro atoms. The van der Waals surface area contributed by atoms with Gasteiger partial charge in [0.2, 0.25) is 0 Å². The Kier molecular flexibility index (Phi) is 3.89. The second kappa shape index (κ2) is 5.60. The Morgan fingerprint density at radius 2 is 1.94 bits per heavy atom. The molecule has 0 radical (unpaired) electrons. The molecule has 0 saturated heterocycles. The number of benzene rings is 1. The lowest BCUT2D eigenvalue weighted by atomic mass is 10.0. The summed E-state index contributed by atoms with van der Waals surface area (Å²) in [6.07, 6.45) is 1.67. The molecule has 4 heteroatoms. The summed E-state index contributed by atoms with van der Waals surface area (Å²) in [5, 5.41) is 10.1. The lowest BCUT2D eigenvalue weighted by Gasteiger charge is -2.11. The van der Waals surface area contributed by atoms with Gasteiger partial charge in [0.1, 0.15) is 17.7 Å². The summed E-state index contributed by atoms with van der Waals surface area (Å²) in [7, 11) is 0. The van der Waals surface area contributed by atoms with Crippen LogP contribution in [0.2, 0.25) is 0 Å². The number of rotatable bonds is 4. The van der Waals surface area contributed by atoms with Crippen LogP contribution in [-0.4, -0.2) is 16.7 Å². The summed E-state index contributed by atoms with van der Waals surface area (Å²) >= 11 is 0. The number of nitrogens with zero attached hydrogens (tertiary/aromatic N) is 1. The molecule has 0 bridgehead atoms. The number of aliphatic hydroxyl groups is 1. The Labute approximate surface area is 105 Å². The quantitative estimate of drug-likeness (QED) is 0.903. The summed E-state index contributed by atoms with van der Waals surface area (Å²) in [5.74, 6) is 0.281. The third-order valence-corrected chi connectivity index (χ3v) is 2.55. The van der Waals surface area contributed by atoms with Gasteiger partial charge in [-0.05, 0) is 30.7 Å². The molecule has 18 heavy (non-hydrogen) atoms. The van der Waals surface area contributed by atoms with Crippen molar-refractivity contribution in [3.8, 4) is 5.75 Å². The largest absolute Gasteiger partial charge is 0.494 e. The van der Waals surface area contributed by atoms with Gasteiger partial charge in [0, 0.05) is 11.8 Å². The maximum absolute atomic E-state index is 13.0. The smallest absolute Gasteiger partial charge is 0.141 e. The van der Waals surface area contributed by atoms with Gasteiger partial charge in [0.15, 0.2) is 0 Å². The van der Waals surface area contributed by atoms with Crippen molar-refractivity contribution in [2.75, 3.05) is 6.61 Å². The fraction of sp³-hybridized carbons (Fsp3) is 0.214. The molecule has 1 aromatic carbocycles. The van der Waals surface area contributed by atoms with Crippen LogP contribution in [0.4, 0.5) is 4.39 Å². The lowest BCUT2D eigenvalue weighted by Crippen LogP contribution is -2.01. The van der Waals surface area contributed by atoms with Crippen molar-refractivity contribution in [1.29, 1.82) is 0 Å². The summed E-state index contributed by atoms with van der Waals surface area (Å²) < 4.78 is 18.3.